The maximum atomic E-state index is 11.8. The molecule has 0 aliphatic heterocycles. The van der Waals surface area contributed by atoms with Gasteiger partial charge in [-0.15, -0.1) is 0 Å². The summed E-state index contributed by atoms with van der Waals surface area (Å²) in [6.45, 7) is 5.32. The Hall–Kier alpha value is -2.08. The van der Waals surface area contributed by atoms with Gasteiger partial charge in [0, 0.05) is 25.4 Å². The van der Waals surface area contributed by atoms with Crippen LogP contribution < -0.4 is 16.0 Å². The molecule has 21 heavy (non-hydrogen) atoms. The zero-order valence-electron chi connectivity index (χ0n) is 12.8. The highest BCUT2D eigenvalue weighted by Crippen LogP contribution is 2.04. The van der Waals surface area contributed by atoms with Crippen LogP contribution in [-0.4, -0.2) is 44.7 Å². The summed E-state index contributed by atoms with van der Waals surface area (Å²) in [5.41, 5.74) is 0.767. The van der Waals surface area contributed by atoms with Gasteiger partial charge in [0.15, 0.2) is 5.96 Å². The third kappa shape index (κ3) is 7.31. The Bertz CT molecular complexity index is 448. The van der Waals surface area contributed by atoms with Crippen molar-refractivity contribution in [2.75, 3.05) is 32.1 Å². The molecule has 6 nitrogen and oxygen atoms in total. The van der Waals surface area contributed by atoms with Crippen molar-refractivity contribution in [1.29, 1.82) is 0 Å². The largest absolute Gasteiger partial charge is 0.383 e. The molecule has 0 fully saturated rings. The molecule has 0 aliphatic carbocycles. The number of rotatable bonds is 7. The van der Waals surface area contributed by atoms with Gasteiger partial charge in [0.05, 0.1) is 6.61 Å². The van der Waals surface area contributed by atoms with E-state index < -0.39 is 0 Å². The monoisotopic (exact) mass is 292 g/mol. The average molecular weight is 292 g/mol. The smallest absolute Gasteiger partial charge is 0.246 e. The number of carbonyl (C=O) groups excluding carboxylic acids is 1. The van der Waals surface area contributed by atoms with Crippen LogP contribution in [0.5, 0.6) is 0 Å². The second-order valence-electron chi connectivity index (χ2n) is 4.61. The molecule has 0 bridgehead atoms. The van der Waals surface area contributed by atoms with Gasteiger partial charge in [0.2, 0.25) is 5.91 Å². The van der Waals surface area contributed by atoms with Crippen LogP contribution in [0.1, 0.15) is 13.8 Å². The standard InChI is InChI=1S/C15H24N4O2/c1-4-16-15(18-12(2)11-21-3)17-10-14(20)19-13-8-6-5-7-9-13/h5-9,12H,4,10-11H2,1-3H3,(H,19,20)(H2,16,17,18). The SMILES string of the molecule is CCNC(=NCC(=O)Nc1ccccc1)NC(C)COC. The molecule has 0 saturated carbocycles. The lowest BCUT2D eigenvalue weighted by molar-refractivity contribution is -0.114. The van der Waals surface area contributed by atoms with Gasteiger partial charge in [-0.3, -0.25) is 4.79 Å². The quantitative estimate of drug-likeness (QED) is 0.522. The molecule has 1 atom stereocenters. The molecule has 1 aromatic carbocycles. The average Bonchev–Trinajstić information content (AvgIpc) is 2.46. The van der Waals surface area contributed by atoms with E-state index in [4.69, 9.17) is 4.74 Å². The van der Waals surface area contributed by atoms with Crippen molar-refractivity contribution in [2.45, 2.75) is 19.9 Å². The highest BCUT2D eigenvalue weighted by Gasteiger charge is 2.06. The molecule has 1 unspecified atom stereocenters. The fraction of sp³-hybridized carbons (Fsp3) is 0.467. The van der Waals surface area contributed by atoms with Crippen LogP contribution >= 0.6 is 0 Å². The van der Waals surface area contributed by atoms with Gasteiger partial charge in [0.25, 0.3) is 0 Å². The molecule has 116 valence electrons. The van der Waals surface area contributed by atoms with Crippen molar-refractivity contribution in [3.8, 4) is 0 Å². The van der Waals surface area contributed by atoms with E-state index >= 15 is 0 Å². The molecule has 1 aromatic rings. The van der Waals surface area contributed by atoms with Crippen LogP contribution in [0.3, 0.4) is 0 Å². The summed E-state index contributed by atoms with van der Waals surface area (Å²) in [6.07, 6.45) is 0. The van der Waals surface area contributed by atoms with Gasteiger partial charge in [-0.2, -0.15) is 0 Å². The maximum absolute atomic E-state index is 11.8. The minimum atomic E-state index is -0.155. The molecule has 1 amide bonds. The highest BCUT2D eigenvalue weighted by atomic mass is 16.5. The van der Waals surface area contributed by atoms with E-state index in [9.17, 15) is 4.79 Å². The van der Waals surface area contributed by atoms with Gasteiger partial charge < -0.3 is 20.7 Å². The summed E-state index contributed by atoms with van der Waals surface area (Å²) in [5.74, 6) is 0.447. The first-order chi connectivity index (χ1) is 10.2. The van der Waals surface area contributed by atoms with E-state index in [1.54, 1.807) is 7.11 Å². The minimum absolute atomic E-state index is 0.0595. The number of anilines is 1. The normalized spacial score (nSPS) is 12.6. The van der Waals surface area contributed by atoms with Gasteiger partial charge in [-0.1, -0.05) is 18.2 Å². The minimum Gasteiger partial charge on any atom is -0.383 e. The van der Waals surface area contributed by atoms with Crippen molar-refractivity contribution in [2.24, 2.45) is 4.99 Å². The number of carbonyl (C=O) groups is 1. The van der Waals surface area contributed by atoms with Gasteiger partial charge in [-0.25, -0.2) is 4.99 Å². The van der Waals surface area contributed by atoms with Crippen molar-refractivity contribution >= 4 is 17.6 Å². The van der Waals surface area contributed by atoms with E-state index in [0.29, 0.717) is 12.6 Å². The Morgan fingerprint density at radius 1 is 1.33 bits per heavy atom. The van der Waals surface area contributed by atoms with E-state index in [1.807, 2.05) is 44.2 Å². The summed E-state index contributed by atoms with van der Waals surface area (Å²) in [7, 11) is 1.65. The number of hydrogen-bond acceptors (Lipinski definition) is 3. The maximum Gasteiger partial charge on any atom is 0.246 e. The van der Waals surface area contributed by atoms with Crippen molar-refractivity contribution in [1.82, 2.24) is 10.6 Å². The lowest BCUT2D eigenvalue weighted by Gasteiger charge is -2.16. The first-order valence-corrected chi connectivity index (χ1v) is 7.04. The second kappa shape index (κ2) is 9.77. The molecular formula is C15H24N4O2. The number of nitrogens with zero attached hydrogens (tertiary/aromatic N) is 1. The predicted octanol–water partition coefficient (Wildman–Crippen LogP) is 1.22. The van der Waals surface area contributed by atoms with Crippen LogP contribution in [0.4, 0.5) is 5.69 Å². The number of nitrogens with one attached hydrogen (secondary N) is 3. The number of amides is 1. The number of ether oxygens (including phenoxy) is 1. The Labute approximate surface area is 126 Å². The van der Waals surface area contributed by atoms with Gasteiger partial charge >= 0.3 is 0 Å². The number of guanidine groups is 1. The summed E-state index contributed by atoms with van der Waals surface area (Å²) in [5, 5.41) is 9.06. The summed E-state index contributed by atoms with van der Waals surface area (Å²) in [6, 6.07) is 9.44. The van der Waals surface area contributed by atoms with Gasteiger partial charge in [-0.05, 0) is 26.0 Å². The van der Waals surface area contributed by atoms with Crippen LogP contribution in [-0.2, 0) is 9.53 Å². The van der Waals surface area contributed by atoms with Crippen molar-refractivity contribution in [3.63, 3.8) is 0 Å². The van der Waals surface area contributed by atoms with Crippen LogP contribution in [0.15, 0.2) is 35.3 Å². The Morgan fingerprint density at radius 2 is 2.05 bits per heavy atom. The fourth-order valence-corrected chi connectivity index (χ4v) is 1.72. The number of para-hydroxylation sites is 1. The Morgan fingerprint density at radius 3 is 2.67 bits per heavy atom. The predicted molar refractivity (Wildman–Crippen MR) is 85.5 cm³/mol. The zero-order valence-corrected chi connectivity index (χ0v) is 12.8. The molecular weight excluding hydrogens is 268 g/mol. The lowest BCUT2D eigenvalue weighted by Crippen LogP contribution is -2.44. The number of benzene rings is 1. The number of methoxy groups -OCH3 is 1. The third-order valence-corrected chi connectivity index (χ3v) is 2.58. The molecule has 0 aliphatic rings. The van der Waals surface area contributed by atoms with Crippen molar-refractivity contribution < 1.29 is 9.53 Å². The van der Waals surface area contributed by atoms with E-state index in [1.165, 1.54) is 0 Å². The second-order valence-corrected chi connectivity index (χ2v) is 4.61. The first-order valence-electron chi connectivity index (χ1n) is 7.04. The molecule has 1 rings (SSSR count). The summed E-state index contributed by atoms with van der Waals surface area (Å²) in [4.78, 5) is 16.1. The summed E-state index contributed by atoms with van der Waals surface area (Å²) < 4.78 is 5.06. The zero-order chi connectivity index (χ0) is 15.5. The van der Waals surface area contributed by atoms with E-state index in [2.05, 4.69) is 20.9 Å². The Kier molecular flexibility index (Phi) is 7.89. The molecule has 6 heteroatoms. The fourth-order valence-electron chi connectivity index (χ4n) is 1.72. The molecule has 3 N–H and O–H groups in total. The molecule has 0 radical (unpaired) electrons. The summed E-state index contributed by atoms with van der Waals surface area (Å²) >= 11 is 0. The van der Waals surface area contributed by atoms with Crippen LogP contribution in [0.2, 0.25) is 0 Å². The van der Waals surface area contributed by atoms with Crippen LogP contribution in [0, 0.1) is 0 Å². The van der Waals surface area contributed by atoms with E-state index in [-0.39, 0.29) is 18.5 Å². The molecule has 0 saturated heterocycles. The third-order valence-electron chi connectivity index (χ3n) is 2.58. The van der Waals surface area contributed by atoms with Gasteiger partial charge in [0.1, 0.15) is 6.54 Å². The number of hydrogen-bond donors (Lipinski definition) is 3. The lowest BCUT2D eigenvalue weighted by atomic mass is 10.3. The van der Waals surface area contributed by atoms with E-state index in [0.717, 1.165) is 12.2 Å². The number of aliphatic imine (C=N–C) groups is 1. The first kappa shape index (κ1) is 17.0. The molecule has 0 spiro atoms. The van der Waals surface area contributed by atoms with Crippen molar-refractivity contribution in [3.05, 3.63) is 30.3 Å². The molecule has 0 aromatic heterocycles. The topological polar surface area (TPSA) is 74.8 Å². The van der Waals surface area contributed by atoms with Crippen LogP contribution in [0.25, 0.3) is 0 Å². The Balaban J connectivity index is 2.50. The molecule has 0 heterocycles. The highest BCUT2D eigenvalue weighted by molar-refractivity contribution is 5.94.